The van der Waals surface area contributed by atoms with Crippen LogP contribution in [0, 0.1) is 6.92 Å². The molecule has 2 amide bonds. The van der Waals surface area contributed by atoms with Gasteiger partial charge in [-0.05, 0) is 57.0 Å². The molecular weight excluding hydrogens is 450 g/mol. The van der Waals surface area contributed by atoms with Crippen LogP contribution in [0.3, 0.4) is 0 Å². The van der Waals surface area contributed by atoms with Crippen LogP contribution in [0.25, 0.3) is 0 Å². The number of methoxy groups -OCH3 is 1. The van der Waals surface area contributed by atoms with E-state index in [1.807, 2.05) is 31.2 Å². The summed E-state index contributed by atoms with van der Waals surface area (Å²) >= 11 is 1.18. The highest BCUT2D eigenvalue weighted by Gasteiger charge is 2.28. The molecule has 2 aromatic rings. The number of carbonyl (C=O) groups is 2. The number of nitrogens with one attached hydrogen (secondary N) is 3. The maximum Gasteiger partial charge on any atom is 0.240 e. The number of anilines is 2. The van der Waals surface area contributed by atoms with Crippen LogP contribution in [0.2, 0.25) is 0 Å². The van der Waals surface area contributed by atoms with Crippen molar-refractivity contribution in [1.29, 1.82) is 0 Å². The third-order valence-corrected chi connectivity index (χ3v) is 7.47. The van der Waals surface area contributed by atoms with Crippen LogP contribution >= 0.6 is 11.8 Å². The number of benzene rings is 2. The predicted octanol–water partition coefficient (Wildman–Crippen LogP) is 3.14. The zero-order chi connectivity index (χ0) is 23.3. The van der Waals surface area contributed by atoms with Gasteiger partial charge in [0.2, 0.25) is 21.8 Å². The zero-order valence-corrected chi connectivity index (χ0v) is 19.8. The fraction of sp³-hybridized carbons (Fsp3) is 0.364. The van der Waals surface area contributed by atoms with E-state index < -0.39 is 15.3 Å². The number of sulfonamides is 1. The summed E-state index contributed by atoms with van der Waals surface area (Å²) in [5.74, 6) is -0.131. The van der Waals surface area contributed by atoms with Gasteiger partial charge in [-0.15, -0.1) is 11.8 Å². The molecule has 0 aromatic heterocycles. The molecule has 0 radical (unpaired) electrons. The first-order chi connectivity index (χ1) is 15.2. The lowest BCUT2D eigenvalue weighted by Crippen LogP contribution is -2.27. The molecule has 3 rings (SSSR count). The van der Waals surface area contributed by atoms with Crippen molar-refractivity contribution in [1.82, 2.24) is 4.72 Å². The first kappa shape index (κ1) is 24.1. The van der Waals surface area contributed by atoms with Crippen LogP contribution in [-0.4, -0.2) is 44.4 Å². The van der Waals surface area contributed by atoms with Gasteiger partial charge >= 0.3 is 0 Å². The van der Waals surface area contributed by atoms with Gasteiger partial charge in [0.25, 0.3) is 0 Å². The summed E-state index contributed by atoms with van der Waals surface area (Å²) in [7, 11) is -2.23. The van der Waals surface area contributed by atoms with E-state index in [9.17, 15) is 18.0 Å². The van der Waals surface area contributed by atoms with Crippen molar-refractivity contribution in [2.24, 2.45) is 0 Å². The number of carbonyl (C=O) groups excluding carboxylic acids is 2. The van der Waals surface area contributed by atoms with E-state index in [-0.39, 0.29) is 34.2 Å². The molecule has 1 atom stereocenters. The topological polar surface area (TPSA) is 114 Å². The van der Waals surface area contributed by atoms with Gasteiger partial charge in [-0.1, -0.05) is 17.7 Å². The minimum absolute atomic E-state index is 0.0254. The van der Waals surface area contributed by atoms with Crippen LogP contribution in [0.4, 0.5) is 11.4 Å². The van der Waals surface area contributed by atoms with Crippen molar-refractivity contribution in [3.05, 3.63) is 48.0 Å². The molecule has 0 aliphatic heterocycles. The summed E-state index contributed by atoms with van der Waals surface area (Å²) in [6.07, 6.45) is 1.65. The van der Waals surface area contributed by atoms with E-state index in [1.165, 1.54) is 37.1 Å². The number of rotatable bonds is 10. The lowest BCUT2D eigenvalue weighted by Gasteiger charge is -2.15. The standard InChI is InChI=1S/C22H27N3O5S2/c1-14-4-6-16(7-5-14)23-21(26)13-31-15(2)22(27)24-19-12-18(10-11-20(19)30-3)32(28,29)25-17-8-9-17/h4-7,10-12,15,17,25H,8-9,13H2,1-3H3,(H,23,26)(H,24,27). The van der Waals surface area contributed by atoms with Crippen LogP contribution in [0.5, 0.6) is 5.75 Å². The number of hydrogen-bond acceptors (Lipinski definition) is 6. The summed E-state index contributed by atoms with van der Waals surface area (Å²) in [5.41, 5.74) is 2.05. The summed E-state index contributed by atoms with van der Waals surface area (Å²) in [6, 6.07) is 11.7. The Labute approximate surface area is 192 Å². The van der Waals surface area contributed by atoms with Crippen molar-refractivity contribution >= 4 is 45.0 Å². The van der Waals surface area contributed by atoms with Gasteiger partial charge in [0.1, 0.15) is 5.75 Å². The smallest absolute Gasteiger partial charge is 0.240 e. The van der Waals surface area contributed by atoms with E-state index >= 15 is 0 Å². The first-order valence-electron chi connectivity index (χ1n) is 10.2. The van der Waals surface area contributed by atoms with E-state index in [0.717, 1.165) is 18.4 Å². The molecule has 1 fully saturated rings. The Hall–Kier alpha value is -2.56. The van der Waals surface area contributed by atoms with Gasteiger partial charge in [-0.3, -0.25) is 9.59 Å². The number of thioether (sulfide) groups is 1. The molecule has 0 saturated heterocycles. The first-order valence-corrected chi connectivity index (χ1v) is 12.7. The van der Waals surface area contributed by atoms with Crippen molar-refractivity contribution in [2.75, 3.05) is 23.5 Å². The average Bonchev–Trinajstić information content (AvgIpc) is 3.56. The summed E-state index contributed by atoms with van der Waals surface area (Å²) < 4.78 is 32.8. The minimum atomic E-state index is -3.67. The lowest BCUT2D eigenvalue weighted by atomic mass is 10.2. The fourth-order valence-corrected chi connectivity index (χ4v) is 4.80. The predicted molar refractivity (Wildman–Crippen MR) is 127 cm³/mol. The average molecular weight is 478 g/mol. The highest BCUT2D eigenvalue weighted by Crippen LogP contribution is 2.30. The maximum absolute atomic E-state index is 12.7. The summed E-state index contributed by atoms with van der Waals surface area (Å²) in [5, 5.41) is 4.96. The van der Waals surface area contributed by atoms with Crippen LogP contribution in [-0.2, 0) is 19.6 Å². The molecule has 32 heavy (non-hydrogen) atoms. The lowest BCUT2D eigenvalue weighted by molar-refractivity contribution is -0.115. The van der Waals surface area contributed by atoms with Gasteiger partial charge in [0.05, 0.1) is 28.7 Å². The maximum atomic E-state index is 12.7. The van der Waals surface area contributed by atoms with Gasteiger partial charge in [-0.25, -0.2) is 13.1 Å². The molecule has 1 aliphatic rings. The Morgan fingerprint density at radius 2 is 1.81 bits per heavy atom. The number of aryl methyl sites for hydroxylation is 1. The molecule has 3 N–H and O–H groups in total. The van der Waals surface area contributed by atoms with Gasteiger partial charge in [0.15, 0.2) is 0 Å². The quantitative estimate of drug-likeness (QED) is 0.484. The number of ether oxygens (including phenoxy) is 1. The molecule has 1 unspecified atom stereocenters. The molecule has 0 heterocycles. The van der Waals surface area contributed by atoms with Crippen molar-refractivity contribution in [3.63, 3.8) is 0 Å². The number of hydrogen-bond donors (Lipinski definition) is 3. The Bertz CT molecular complexity index is 1080. The highest BCUT2D eigenvalue weighted by molar-refractivity contribution is 8.01. The minimum Gasteiger partial charge on any atom is -0.495 e. The second kappa shape index (κ2) is 10.4. The number of amides is 2. The molecule has 2 aromatic carbocycles. The molecule has 1 aliphatic carbocycles. The molecule has 8 nitrogen and oxygen atoms in total. The Kier molecular flexibility index (Phi) is 7.81. The Balaban J connectivity index is 1.59. The second-order valence-corrected chi connectivity index (χ2v) is 10.7. The summed E-state index contributed by atoms with van der Waals surface area (Å²) in [6.45, 7) is 3.65. The van der Waals surface area contributed by atoms with Gasteiger partial charge in [-0.2, -0.15) is 0 Å². The fourth-order valence-electron chi connectivity index (χ4n) is 2.79. The van der Waals surface area contributed by atoms with Gasteiger partial charge in [0, 0.05) is 11.7 Å². The molecule has 172 valence electrons. The van der Waals surface area contributed by atoms with Crippen molar-refractivity contribution in [3.8, 4) is 5.75 Å². The Morgan fingerprint density at radius 3 is 2.44 bits per heavy atom. The van der Waals surface area contributed by atoms with Gasteiger partial charge < -0.3 is 15.4 Å². The molecule has 0 bridgehead atoms. The highest BCUT2D eigenvalue weighted by atomic mass is 32.2. The van der Waals surface area contributed by atoms with E-state index in [1.54, 1.807) is 6.92 Å². The molecular formula is C22H27N3O5S2. The normalized spacial score (nSPS) is 14.5. The van der Waals surface area contributed by atoms with E-state index in [4.69, 9.17) is 4.74 Å². The van der Waals surface area contributed by atoms with E-state index in [2.05, 4.69) is 15.4 Å². The Morgan fingerprint density at radius 1 is 1.12 bits per heavy atom. The monoisotopic (exact) mass is 477 g/mol. The second-order valence-electron chi connectivity index (χ2n) is 7.61. The molecule has 10 heteroatoms. The molecule has 1 saturated carbocycles. The SMILES string of the molecule is COc1ccc(S(=O)(=O)NC2CC2)cc1NC(=O)C(C)SCC(=O)Nc1ccc(C)cc1. The third kappa shape index (κ3) is 6.72. The van der Waals surface area contributed by atoms with Crippen molar-refractivity contribution in [2.45, 2.75) is 42.9 Å². The van der Waals surface area contributed by atoms with Crippen LogP contribution in [0.15, 0.2) is 47.4 Å². The van der Waals surface area contributed by atoms with E-state index in [0.29, 0.717) is 11.4 Å². The van der Waals surface area contributed by atoms with Crippen molar-refractivity contribution < 1.29 is 22.7 Å². The summed E-state index contributed by atoms with van der Waals surface area (Å²) in [4.78, 5) is 24.9. The van der Waals surface area contributed by atoms with Crippen LogP contribution < -0.4 is 20.1 Å². The third-order valence-electron chi connectivity index (χ3n) is 4.81. The van der Waals surface area contributed by atoms with Crippen LogP contribution in [0.1, 0.15) is 25.3 Å². The largest absolute Gasteiger partial charge is 0.495 e. The molecule has 0 spiro atoms. The zero-order valence-electron chi connectivity index (χ0n) is 18.2.